The number of benzene rings is 11. The molecule has 0 unspecified atom stereocenters. The molecule has 14 rings (SSSR count). The molecule has 11 aromatic carbocycles. The van der Waals surface area contributed by atoms with E-state index in [0.717, 1.165) is 27.9 Å². The van der Waals surface area contributed by atoms with E-state index in [1.807, 2.05) is 0 Å². The Kier molecular flexibility index (Phi) is 6.56. The number of hydrogen-bond acceptors (Lipinski definition) is 1. The summed E-state index contributed by atoms with van der Waals surface area (Å²) in [5.74, 6) is 0. The lowest BCUT2D eigenvalue weighted by Crippen LogP contribution is -1.95. The maximum Gasteiger partial charge on any atom is 0.143 e. The van der Waals surface area contributed by atoms with Crippen LogP contribution in [-0.4, -0.2) is 9.13 Å². The van der Waals surface area contributed by atoms with Gasteiger partial charge in [-0.25, -0.2) is 0 Å². The Bertz CT molecular complexity index is 4160. The summed E-state index contributed by atoms with van der Waals surface area (Å²) in [4.78, 5) is 0. The van der Waals surface area contributed by atoms with Crippen molar-refractivity contribution in [3.63, 3.8) is 0 Å². The first-order valence-electron chi connectivity index (χ1n) is 21.0. The van der Waals surface area contributed by atoms with E-state index in [2.05, 4.69) is 215 Å². The first-order valence-corrected chi connectivity index (χ1v) is 21.0. The summed E-state index contributed by atoms with van der Waals surface area (Å²) >= 11 is 0. The van der Waals surface area contributed by atoms with Crippen LogP contribution in [0.4, 0.5) is 0 Å². The molecule has 0 N–H and O–H groups in total. The molecule has 0 aliphatic carbocycles. The number of hydrogen-bond donors (Lipinski definition) is 0. The third-order valence-corrected chi connectivity index (χ3v) is 13.3. The van der Waals surface area contributed by atoms with E-state index in [0.29, 0.717) is 0 Å². The third kappa shape index (κ3) is 4.52. The Labute approximate surface area is 349 Å². The van der Waals surface area contributed by atoms with Crippen molar-refractivity contribution in [1.82, 2.24) is 9.13 Å². The molecule has 3 heterocycles. The van der Waals surface area contributed by atoms with Crippen LogP contribution in [0.15, 0.2) is 211 Å². The first kappa shape index (κ1) is 32.8. The highest BCUT2D eigenvalue weighted by Crippen LogP contribution is 2.45. The molecular formula is C58H34N2O. The number of aromatic nitrogens is 2. The maximum absolute atomic E-state index is 6.84. The summed E-state index contributed by atoms with van der Waals surface area (Å²) in [6.45, 7) is 0. The van der Waals surface area contributed by atoms with Gasteiger partial charge in [-0.3, -0.25) is 0 Å². The lowest BCUT2D eigenvalue weighted by atomic mass is 9.90. The molecule has 61 heavy (non-hydrogen) atoms. The van der Waals surface area contributed by atoms with Crippen molar-refractivity contribution < 1.29 is 4.42 Å². The summed E-state index contributed by atoms with van der Waals surface area (Å²) < 4.78 is 11.6. The van der Waals surface area contributed by atoms with Crippen LogP contribution in [0.2, 0.25) is 0 Å². The zero-order valence-corrected chi connectivity index (χ0v) is 32.9. The van der Waals surface area contributed by atoms with Gasteiger partial charge in [0.15, 0.2) is 0 Å². The summed E-state index contributed by atoms with van der Waals surface area (Å²) in [6, 6.07) is 75.5. The quantitative estimate of drug-likeness (QED) is 0.164. The zero-order valence-electron chi connectivity index (χ0n) is 32.9. The number of rotatable bonds is 3. The van der Waals surface area contributed by atoms with E-state index in [4.69, 9.17) is 4.42 Å². The molecule has 0 radical (unpaired) electrons. The third-order valence-electron chi connectivity index (χ3n) is 13.3. The summed E-state index contributed by atoms with van der Waals surface area (Å²) in [7, 11) is 0. The highest BCUT2D eigenvalue weighted by atomic mass is 16.3. The Morgan fingerprint density at radius 1 is 0.279 bits per heavy atom. The molecule has 14 aromatic rings. The molecule has 0 atom stereocenters. The van der Waals surface area contributed by atoms with Crippen LogP contribution in [0, 0.1) is 0 Å². The second-order valence-corrected chi connectivity index (χ2v) is 16.4. The van der Waals surface area contributed by atoms with Crippen molar-refractivity contribution in [2.45, 2.75) is 0 Å². The Morgan fingerprint density at radius 3 is 1.57 bits per heavy atom. The van der Waals surface area contributed by atoms with Crippen molar-refractivity contribution in [2.75, 3.05) is 0 Å². The molecule has 0 aliphatic heterocycles. The first-order chi connectivity index (χ1) is 30.3. The molecule has 3 nitrogen and oxygen atoms in total. The van der Waals surface area contributed by atoms with E-state index in [1.165, 1.54) is 103 Å². The topological polar surface area (TPSA) is 23.0 Å². The molecule has 0 saturated heterocycles. The normalized spacial score (nSPS) is 12.3. The number of furan rings is 1. The second-order valence-electron chi connectivity index (χ2n) is 16.4. The van der Waals surface area contributed by atoms with E-state index in [-0.39, 0.29) is 0 Å². The highest BCUT2D eigenvalue weighted by Gasteiger charge is 2.20. The second kappa shape index (κ2) is 12.2. The van der Waals surface area contributed by atoms with Crippen LogP contribution in [0.5, 0.6) is 0 Å². The minimum absolute atomic E-state index is 0.922. The Balaban J connectivity index is 0.975. The molecule has 0 bridgehead atoms. The summed E-state index contributed by atoms with van der Waals surface area (Å²) in [5, 5.41) is 17.0. The molecule has 0 saturated carbocycles. The molecular weight excluding hydrogens is 741 g/mol. The molecule has 0 fully saturated rings. The number of fused-ring (bicyclic) bond motifs is 18. The van der Waals surface area contributed by atoms with Crippen LogP contribution < -0.4 is 0 Å². The fourth-order valence-electron chi connectivity index (χ4n) is 10.6. The number of para-hydroxylation sites is 3. The van der Waals surface area contributed by atoms with Crippen molar-refractivity contribution in [1.29, 1.82) is 0 Å². The van der Waals surface area contributed by atoms with Gasteiger partial charge in [-0.1, -0.05) is 133 Å². The standard InChI is InChI=1S/C58H34N2O/c1-2-13-38(14-3-1)59-51-20-10-9-19-44(51)50-34-39(25-30-54(50)59)60-52-21-11-8-18-43(52)49-33-37(23-29-53(49)60)36-22-26-46-48(32-36)42-17-7-6-16-41(42)45-27-28-47-56-40-15-5-4-12-35(40)24-31-55(56)61-58(47)57(45)46/h1-34H. The van der Waals surface area contributed by atoms with Gasteiger partial charge >= 0.3 is 0 Å². The van der Waals surface area contributed by atoms with Gasteiger partial charge in [0.05, 0.1) is 22.1 Å². The predicted molar refractivity (Wildman–Crippen MR) is 258 cm³/mol. The van der Waals surface area contributed by atoms with Crippen molar-refractivity contribution in [3.05, 3.63) is 206 Å². The Morgan fingerprint density at radius 2 is 0.803 bits per heavy atom. The Hall–Kier alpha value is -8.14. The lowest BCUT2D eigenvalue weighted by molar-refractivity contribution is 0.673. The SMILES string of the molecule is c1ccc(-n2c3ccccc3c3cc(-n4c5ccccc5c5cc(-c6ccc7c(c6)c6ccccc6c6ccc8c(oc9ccc%10ccccc%10c98)c67)ccc54)ccc32)cc1. The summed E-state index contributed by atoms with van der Waals surface area (Å²) in [5.41, 5.74) is 11.4. The lowest BCUT2D eigenvalue weighted by Gasteiger charge is -2.13. The fourth-order valence-corrected chi connectivity index (χ4v) is 10.6. The predicted octanol–water partition coefficient (Wildman–Crippen LogP) is 16.1. The molecule has 3 aromatic heterocycles. The van der Waals surface area contributed by atoms with Gasteiger partial charge in [-0.05, 0) is 122 Å². The van der Waals surface area contributed by atoms with Gasteiger partial charge in [0, 0.05) is 49.1 Å². The van der Waals surface area contributed by atoms with Gasteiger partial charge in [0.2, 0.25) is 0 Å². The zero-order chi connectivity index (χ0) is 39.8. The minimum atomic E-state index is 0.922. The van der Waals surface area contributed by atoms with Gasteiger partial charge < -0.3 is 13.6 Å². The van der Waals surface area contributed by atoms with E-state index >= 15 is 0 Å². The van der Waals surface area contributed by atoms with E-state index in [9.17, 15) is 0 Å². The molecule has 0 amide bonds. The smallest absolute Gasteiger partial charge is 0.143 e. The minimum Gasteiger partial charge on any atom is -0.455 e. The molecule has 0 spiro atoms. The highest BCUT2D eigenvalue weighted by molar-refractivity contribution is 6.34. The summed E-state index contributed by atoms with van der Waals surface area (Å²) in [6.07, 6.45) is 0. The van der Waals surface area contributed by atoms with Gasteiger partial charge in [-0.15, -0.1) is 0 Å². The van der Waals surface area contributed by atoms with Crippen LogP contribution in [0.3, 0.4) is 0 Å². The average molecular weight is 775 g/mol. The monoisotopic (exact) mass is 774 g/mol. The van der Waals surface area contributed by atoms with Crippen LogP contribution in [0.25, 0.3) is 131 Å². The maximum atomic E-state index is 6.84. The van der Waals surface area contributed by atoms with E-state index in [1.54, 1.807) is 0 Å². The number of nitrogens with zero attached hydrogens (tertiary/aromatic N) is 2. The molecule has 0 aliphatic rings. The molecule has 282 valence electrons. The van der Waals surface area contributed by atoms with Crippen LogP contribution >= 0.6 is 0 Å². The molecule has 3 heteroatoms. The van der Waals surface area contributed by atoms with Gasteiger partial charge in [-0.2, -0.15) is 0 Å². The fraction of sp³-hybridized carbons (Fsp3) is 0. The van der Waals surface area contributed by atoms with Gasteiger partial charge in [0.25, 0.3) is 0 Å². The van der Waals surface area contributed by atoms with Crippen molar-refractivity contribution in [2.24, 2.45) is 0 Å². The van der Waals surface area contributed by atoms with E-state index < -0.39 is 0 Å². The van der Waals surface area contributed by atoms with Crippen molar-refractivity contribution in [3.8, 4) is 22.5 Å². The largest absolute Gasteiger partial charge is 0.455 e. The average Bonchev–Trinajstić information content (AvgIpc) is 3.99. The van der Waals surface area contributed by atoms with Gasteiger partial charge in [0.1, 0.15) is 11.2 Å². The van der Waals surface area contributed by atoms with Crippen LogP contribution in [-0.2, 0) is 0 Å². The van der Waals surface area contributed by atoms with Crippen LogP contribution in [0.1, 0.15) is 0 Å². The van der Waals surface area contributed by atoms with Crippen molar-refractivity contribution >= 4 is 109 Å².